The molecule has 0 amide bonds. The van der Waals surface area contributed by atoms with Gasteiger partial charge in [0.1, 0.15) is 0 Å². The first-order chi connectivity index (χ1) is 5.63. The monoisotopic (exact) mass is 226 g/mol. The van der Waals surface area contributed by atoms with Gasteiger partial charge in [-0.25, -0.2) is 0 Å². The van der Waals surface area contributed by atoms with Crippen molar-refractivity contribution in [3.63, 3.8) is 0 Å². The number of likely N-dealkylation sites (tertiary alicyclic amines) is 1. The molecule has 1 rings (SSSR count). The van der Waals surface area contributed by atoms with Gasteiger partial charge in [-0.15, -0.1) is 0 Å². The normalized spacial score (nSPS) is 15.0. The zero-order valence-corrected chi connectivity index (χ0v) is 11.1. The molecule has 1 heterocycles. The van der Waals surface area contributed by atoms with E-state index in [-0.39, 0.29) is 24.7 Å². The van der Waals surface area contributed by atoms with Gasteiger partial charge in [-0.3, -0.25) is 0 Å². The molecule has 81 valence electrons. The smallest absolute Gasteiger partial charge is 0.0483 e. The van der Waals surface area contributed by atoms with Gasteiger partial charge < -0.3 is 10.0 Å². The molecule has 3 heteroatoms. The number of aliphatic hydroxyl groups is 1. The summed E-state index contributed by atoms with van der Waals surface area (Å²) in [5, 5.41) is 8.06. The summed E-state index contributed by atoms with van der Waals surface area (Å²) in [7, 11) is 2.17. The van der Waals surface area contributed by atoms with E-state index < -0.39 is 0 Å². The summed E-state index contributed by atoms with van der Waals surface area (Å²) in [6.07, 6.45) is 2.66. The topological polar surface area (TPSA) is 23.5 Å². The van der Waals surface area contributed by atoms with Crippen LogP contribution in [0.2, 0.25) is 0 Å². The summed E-state index contributed by atoms with van der Waals surface area (Å²) in [5.74, 6) is 0. The molecule has 0 aromatic heterocycles. The molecular formula is C10H25NOV. The summed E-state index contributed by atoms with van der Waals surface area (Å²) in [5.41, 5.74) is 0. The van der Waals surface area contributed by atoms with E-state index in [0.29, 0.717) is 0 Å². The van der Waals surface area contributed by atoms with E-state index in [0.717, 1.165) is 0 Å². The zero-order chi connectivity index (χ0) is 9.98. The number of rotatable bonds is 0. The minimum absolute atomic E-state index is 0. The SMILES string of the molecule is CC.CC(C)O.CN1CCCC1.[V]. The molecule has 0 bridgehead atoms. The Labute approximate surface area is 95.6 Å². The minimum Gasteiger partial charge on any atom is -0.394 e. The summed E-state index contributed by atoms with van der Waals surface area (Å²) in [4.78, 5) is 2.36. The summed E-state index contributed by atoms with van der Waals surface area (Å²) < 4.78 is 0. The molecule has 1 radical (unpaired) electrons. The molecule has 1 fully saturated rings. The number of hydrogen-bond donors (Lipinski definition) is 1. The molecule has 2 nitrogen and oxygen atoms in total. The third-order valence-electron chi connectivity index (χ3n) is 1.33. The summed E-state index contributed by atoms with van der Waals surface area (Å²) >= 11 is 0. The van der Waals surface area contributed by atoms with Crippen LogP contribution in [0.15, 0.2) is 0 Å². The van der Waals surface area contributed by atoms with E-state index >= 15 is 0 Å². The van der Waals surface area contributed by atoms with Crippen molar-refractivity contribution < 1.29 is 23.7 Å². The third kappa shape index (κ3) is 24.5. The molecule has 1 saturated heterocycles. The maximum Gasteiger partial charge on any atom is 0.0483 e. The first-order valence-electron chi connectivity index (χ1n) is 4.99. The Balaban J connectivity index is -0.000000128. The Morgan fingerprint density at radius 2 is 1.31 bits per heavy atom. The summed E-state index contributed by atoms with van der Waals surface area (Å²) in [6, 6.07) is 0. The standard InChI is InChI=1S/C5H11N.C3H8O.C2H6.V/c1-6-4-2-3-5-6;1-3(2)4;1-2;/h2-5H2,1H3;3-4H,1-2H3;1-2H3;. The number of hydrogen-bond acceptors (Lipinski definition) is 2. The Morgan fingerprint density at radius 3 is 1.38 bits per heavy atom. The summed E-state index contributed by atoms with van der Waals surface area (Å²) in [6.45, 7) is 10.1. The van der Waals surface area contributed by atoms with Gasteiger partial charge >= 0.3 is 0 Å². The average molecular weight is 226 g/mol. The first kappa shape index (κ1) is 19.1. The van der Waals surface area contributed by atoms with Crippen LogP contribution < -0.4 is 0 Å². The molecule has 13 heavy (non-hydrogen) atoms. The van der Waals surface area contributed by atoms with E-state index in [1.54, 1.807) is 13.8 Å². The average Bonchev–Trinajstić information content (AvgIpc) is 2.43. The Bertz CT molecular complexity index is 70.6. The van der Waals surface area contributed by atoms with Crippen LogP contribution in [0.3, 0.4) is 0 Å². The Hall–Kier alpha value is 0.504. The molecule has 0 aromatic rings. The molecule has 0 aromatic carbocycles. The van der Waals surface area contributed by atoms with Gasteiger partial charge in [-0.1, -0.05) is 13.8 Å². The minimum atomic E-state index is -0.167. The van der Waals surface area contributed by atoms with Crippen LogP contribution in [-0.4, -0.2) is 36.2 Å². The maximum absolute atomic E-state index is 8.06. The van der Waals surface area contributed by atoms with Gasteiger partial charge in [-0.05, 0) is 46.8 Å². The van der Waals surface area contributed by atoms with Crippen LogP contribution in [0.4, 0.5) is 0 Å². The molecule has 0 unspecified atom stereocenters. The predicted octanol–water partition coefficient (Wildman–Crippen LogP) is 2.12. The van der Waals surface area contributed by atoms with Crippen molar-refractivity contribution in [2.45, 2.75) is 46.6 Å². The largest absolute Gasteiger partial charge is 0.394 e. The van der Waals surface area contributed by atoms with E-state index in [1.165, 1.54) is 25.9 Å². The second kappa shape index (κ2) is 15.0. The van der Waals surface area contributed by atoms with Crippen LogP contribution in [-0.2, 0) is 18.6 Å². The molecular weight excluding hydrogens is 201 g/mol. The predicted molar refractivity (Wildman–Crippen MR) is 55.4 cm³/mol. The van der Waals surface area contributed by atoms with E-state index in [9.17, 15) is 0 Å². The van der Waals surface area contributed by atoms with Gasteiger partial charge in [0, 0.05) is 24.7 Å². The molecule has 1 aliphatic rings. The van der Waals surface area contributed by atoms with Crippen molar-refractivity contribution in [2.75, 3.05) is 20.1 Å². The fourth-order valence-electron chi connectivity index (χ4n) is 0.875. The molecule has 0 saturated carbocycles. The van der Waals surface area contributed by atoms with Crippen molar-refractivity contribution in [1.82, 2.24) is 4.90 Å². The molecule has 1 aliphatic heterocycles. The molecule has 1 N–H and O–H groups in total. The van der Waals surface area contributed by atoms with Crippen molar-refractivity contribution in [3.05, 3.63) is 0 Å². The van der Waals surface area contributed by atoms with Crippen LogP contribution in [0.1, 0.15) is 40.5 Å². The van der Waals surface area contributed by atoms with Gasteiger partial charge in [-0.2, -0.15) is 0 Å². The van der Waals surface area contributed by atoms with Crippen LogP contribution in [0, 0.1) is 0 Å². The van der Waals surface area contributed by atoms with Gasteiger partial charge in [0.25, 0.3) is 0 Å². The van der Waals surface area contributed by atoms with Gasteiger partial charge in [0.2, 0.25) is 0 Å². The Morgan fingerprint density at radius 1 is 1.08 bits per heavy atom. The van der Waals surface area contributed by atoms with Gasteiger partial charge in [0.05, 0.1) is 0 Å². The fraction of sp³-hybridized carbons (Fsp3) is 1.00. The van der Waals surface area contributed by atoms with Crippen molar-refractivity contribution in [1.29, 1.82) is 0 Å². The zero-order valence-electron chi connectivity index (χ0n) is 9.75. The van der Waals surface area contributed by atoms with Crippen LogP contribution in [0.25, 0.3) is 0 Å². The van der Waals surface area contributed by atoms with Crippen LogP contribution in [0.5, 0.6) is 0 Å². The van der Waals surface area contributed by atoms with Crippen molar-refractivity contribution in [2.24, 2.45) is 0 Å². The van der Waals surface area contributed by atoms with E-state index in [4.69, 9.17) is 5.11 Å². The maximum atomic E-state index is 8.06. The van der Waals surface area contributed by atoms with Crippen LogP contribution >= 0.6 is 0 Å². The Kier molecular flexibility index (Phi) is 22.1. The number of nitrogens with zero attached hydrogens (tertiary/aromatic N) is 1. The third-order valence-corrected chi connectivity index (χ3v) is 1.33. The van der Waals surface area contributed by atoms with Crippen molar-refractivity contribution >= 4 is 0 Å². The van der Waals surface area contributed by atoms with Crippen molar-refractivity contribution in [3.8, 4) is 0 Å². The number of aliphatic hydroxyl groups excluding tert-OH is 1. The molecule has 0 spiro atoms. The fourth-order valence-corrected chi connectivity index (χ4v) is 0.875. The van der Waals surface area contributed by atoms with E-state index in [2.05, 4.69) is 11.9 Å². The molecule has 0 atom stereocenters. The second-order valence-corrected chi connectivity index (χ2v) is 3.10. The van der Waals surface area contributed by atoms with Gasteiger partial charge in [0.15, 0.2) is 0 Å². The first-order valence-corrected chi connectivity index (χ1v) is 4.99. The second-order valence-electron chi connectivity index (χ2n) is 3.10. The molecule has 0 aliphatic carbocycles. The van der Waals surface area contributed by atoms with E-state index in [1.807, 2.05) is 13.8 Å². The quantitative estimate of drug-likeness (QED) is 0.684.